The van der Waals surface area contributed by atoms with Crippen LogP contribution in [0.15, 0.2) is 84.3 Å². The molecule has 0 aliphatic carbocycles. The molecule has 2 aromatic heterocycles. The molecule has 0 saturated carbocycles. The van der Waals surface area contributed by atoms with Crippen molar-refractivity contribution < 1.29 is 8.78 Å². The molecular weight excluding hydrogens is 444 g/mol. The number of aromatic amines is 1. The Morgan fingerprint density at radius 3 is 2.71 bits per heavy atom. The van der Waals surface area contributed by atoms with E-state index >= 15 is 4.39 Å². The number of hydrogen-bond donors (Lipinski definition) is 2. The second-order valence-corrected chi connectivity index (χ2v) is 8.41. The summed E-state index contributed by atoms with van der Waals surface area (Å²) in [5, 5.41) is 3.14. The summed E-state index contributed by atoms with van der Waals surface area (Å²) < 4.78 is 30.7. The minimum absolute atomic E-state index is 0.333. The van der Waals surface area contributed by atoms with Crippen molar-refractivity contribution >= 4 is 17.1 Å². The average molecular weight is 466 g/mol. The summed E-state index contributed by atoms with van der Waals surface area (Å²) in [6, 6.07) is 14.0. The molecule has 5 nitrogen and oxygen atoms in total. The van der Waals surface area contributed by atoms with Gasteiger partial charge in [-0.05, 0) is 36.6 Å². The van der Waals surface area contributed by atoms with Crippen LogP contribution in [0.3, 0.4) is 0 Å². The maximum atomic E-state index is 16.1. The second-order valence-electron chi connectivity index (χ2n) is 8.41. The van der Waals surface area contributed by atoms with E-state index in [-0.39, 0.29) is 11.6 Å². The Labute approximate surface area is 201 Å². The van der Waals surface area contributed by atoms with E-state index in [1.165, 1.54) is 6.07 Å². The zero-order chi connectivity index (χ0) is 23.8. The Balaban J connectivity index is 1.50. The third kappa shape index (κ3) is 3.75. The van der Waals surface area contributed by atoms with Crippen LogP contribution in [0.5, 0.6) is 0 Å². The number of imidazole rings is 1. The highest BCUT2D eigenvalue weighted by atomic mass is 19.1. The molecule has 7 heteroatoms. The third-order valence-electron chi connectivity index (χ3n) is 6.25. The fourth-order valence-electron chi connectivity index (χ4n) is 4.60. The molecule has 172 valence electrons. The van der Waals surface area contributed by atoms with E-state index in [1.54, 1.807) is 55.0 Å². The van der Waals surface area contributed by atoms with Crippen molar-refractivity contribution in [3.8, 4) is 11.1 Å². The van der Waals surface area contributed by atoms with Gasteiger partial charge in [0.2, 0.25) is 0 Å². The molecule has 2 N–H and O–H groups in total. The number of aliphatic imine (C=N–C) groups is 1. The molecule has 0 unspecified atom stereocenters. The van der Waals surface area contributed by atoms with E-state index in [0.717, 1.165) is 12.0 Å². The van der Waals surface area contributed by atoms with Gasteiger partial charge in [0.1, 0.15) is 17.3 Å². The summed E-state index contributed by atoms with van der Waals surface area (Å²) in [4.78, 5) is 16.9. The lowest BCUT2D eigenvalue weighted by Gasteiger charge is -2.13. The molecule has 0 bridgehead atoms. The molecule has 0 radical (unpaired) electrons. The van der Waals surface area contributed by atoms with Gasteiger partial charge in [-0.2, -0.15) is 0 Å². The van der Waals surface area contributed by atoms with E-state index < -0.39 is 0 Å². The van der Waals surface area contributed by atoms with E-state index in [0.29, 0.717) is 63.8 Å². The molecule has 0 fully saturated rings. The monoisotopic (exact) mass is 465 g/mol. The van der Waals surface area contributed by atoms with Gasteiger partial charge in [0.15, 0.2) is 11.6 Å². The fourth-order valence-corrected chi connectivity index (χ4v) is 4.60. The van der Waals surface area contributed by atoms with Crippen molar-refractivity contribution in [3.63, 3.8) is 0 Å². The zero-order valence-corrected chi connectivity index (χ0v) is 18.7. The Hall–Kier alpha value is -4.39. The first-order chi connectivity index (χ1) is 17.2. The van der Waals surface area contributed by atoms with Crippen molar-refractivity contribution in [2.75, 3.05) is 11.9 Å². The van der Waals surface area contributed by atoms with Crippen LogP contribution in [0.1, 0.15) is 34.6 Å². The highest BCUT2D eigenvalue weighted by molar-refractivity contribution is 6.13. The number of benzene rings is 2. The zero-order valence-electron chi connectivity index (χ0n) is 18.7. The summed E-state index contributed by atoms with van der Waals surface area (Å²) >= 11 is 0. The van der Waals surface area contributed by atoms with Gasteiger partial charge in [0, 0.05) is 53.0 Å². The Morgan fingerprint density at radius 1 is 0.943 bits per heavy atom. The van der Waals surface area contributed by atoms with Crippen LogP contribution in [0.4, 0.5) is 14.6 Å². The molecule has 0 amide bonds. The van der Waals surface area contributed by atoms with E-state index in [9.17, 15) is 4.39 Å². The minimum Gasteiger partial charge on any atom is -0.345 e. The molecule has 4 heterocycles. The summed E-state index contributed by atoms with van der Waals surface area (Å²) in [6.07, 6.45) is 10.2. The van der Waals surface area contributed by atoms with Gasteiger partial charge in [-0.25, -0.2) is 13.8 Å². The van der Waals surface area contributed by atoms with Gasteiger partial charge in [-0.3, -0.25) is 9.98 Å². The van der Waals surface area contributed by atoms with Crippen molar-refractivity contribution in [2.24, 2.45) is 4.99 Å². The Morgan fingerprint density at radius 2 is 1.86 bits per heavy atom. The number of rotatable bonds is 3. The van der Waals surface area contributed by atoms with Crippen molar-refractivity contribution in [3.05, 3.63) is 119 Å². The Bertz CT molecular complexity index is 1520. The number of fused-ring (bicyclic) bond motifs is 2. The lowest BCUT2D eigenvalue weighted by Crippen LogP contribution is -2.12. The standard InChI is InChI=1S/C28H21F2N5/c29-22-10-2-1-8-20(22)21-9-5-15-33-27-25(21)34-28(35-27)26-23-17(6-4-14-32-26)11-12-19(24(23)30)18-7-3-13-31-16-18/h1-3,5,7-13,15-16,33H,4,6,14H2,(H,34,35). The SMILES string of the molecule is Fc1ccccc1C1=CC=CNc2nc(C3=NCCCc4ccc(-c5cccnc5)c(F)c43)[nH]c21. The van der Waals surface area contributed by atoms with Crippen LogP contribution in [-0.4, -0.2) is 27.2 Å². The number of aryl methyl sites for hydroxylation is 1. The fraction of sp³-hybridized carbons (Fsp3) is 0.107. The summed E-state index contributed by atoms with van der Waals surface area (Å²) in [6.45, 7) is 0.556. The first-order valence-corrected chi connectivity index (χ1v) is 11.5. The lowest BCUT2D eigenvalue weighted by molar-refractivity contribution is 0.624. The molecule has 2 aliphatic heterocycles. The number of pyridine rings is 1. The van der Waals surface area contributed by atoms with Crippen molar-refractivity contribution in [1.29, 1.82) is 0 Å². The number of hydrogen-bond acceptors (Lipinski definition) is 4. The second kappa shape index (κ2) is 8.76. The number of aromatic nitrogens is 3. The average Bonchev–Trinajstić information content (AvgIpc) is 3.04. The van der Waals surface area contributed by atoms with Gasteiger partial charge >= 0.3 is 0 Å². The predicted octanol–water partition coefficient (Wildman–Crippen LogP) is 5.90. The van der Waals surface area contributed by atoms with Gasteiger partial charge < -0.3 is 10.3 Å². The van der Waals surface area contributed by atoms with Gasteiger partial charge in [-0.1, -0.05) is 42.5 Å². The number of nitrogens with zero attached hydrogens (tertiary/aromatic N) is 3. The molecule has 2 aromatic carbocycles. The summed E-state index contributed by atoms with van der Waals surface area (Å²) in [7, 11) is 0. The molecule has 0 spiro atoms. The molecule has 0 atom stereocenters. The number of nitrogens with one attached hydrogen (secondary N) is 2. The predicted molar refractivity (Wildman–Crippen MR) is 133 cm³/mol. The number of H-pyrrole nitrogens is 1. The van der Waals surface area contributed by atoms with Crippen molar-refractivity contribution in [2.45, 2.75) is 12.8 Å². The van der Waals surface area contributed by atoms with E-state index in [4.69, 9.17) is 9.98 Å². The normalized spacial score (nSPS) is 14.7. The van der Waals surface area contributed by atoms with Crippen LogP contribution in [0, 0.1) is 11.6 Å². The number of allylic oxidation sites excluding steroid dienone is 2. The number of anilines is 1. The van der Waals surface area contributed by atoms with E-state index in [2.05, 4.69) is 15.3 Å². The molecule has 4 aromatic rings. The van der Waals surface area contributed by atoms with Crippen LogP contribution >= 0.6 is 0 Å². The van der Waals surface area contributed by atoms with Crippen LogP contribution < -0.4 is 5.32 Å². The van der Waals surface area contributed by atoms with Crippen molar-refractivity contribution in [1.82, 2.24) is 15.0 Å². The molecular formula is C28H21F2N5. The molecule has 35 heavy (non-hydrogen) atoms. The maximum Gasteiger partial charge on any atom is 0.159 e. The van der Waals surface area contributed by atoms with Gasteiger partial charge in [-0.15, -0.1) is 0 Å². The maximum absolute atomic E-state index is 16.1. The minimum atomic E-state index is -0.347. The highest BCUT2D eigenvalue weighted by Gasteiger charge is 2.26. The third-order valence-corrected chi connectivity index (χ3v) is 6.25. The first kappa shape index (κ1) is 21.2. The molecule has 6 rings (SSSR count). The van der Waals surface area contributed by atoms with Gasteiger partial charge in [0.25, 0.3) is 0 Å². The highest BCUT2D eigenvalue weighted by Crippen LogP contribution is 2.34. The quantitative estimate of drug-likeness (QED) is 0.396. The van der Waals surface area contributed by atoms with Gasteiger partial charge in [0.05, 0.1) is 5.69 Å². The largest absolute Gasteiger partial charge is 0.345 e. The lowest BCUT2D eigenvalue weighted by atomic mass is 9.94. The molecule has 2 aliphatic rings. The topological polar surface area (TPSA) is 66.0 Å². The first-order valence-electron chi connectivity index (χ1n) is 11.5. The smallest absolute Gasteiger partial charge is 0.159 e. The number of halogens is 2. The van der Waals surface area contributed by atoms with Crippen LogP contribution in [0.2, 0.25) is 0 Å². The van der Waals surface area contributed by atoms with E-state index in [1.807, 2.05) is 18.2 Å². The molecule has 0 saturated heterocycles. The Kier molecular flexibility index (Phi) is 5.29. The summed E-state index contributed by atoms with van der Waals surface area (Å²) in [5.74, 6) is 0.284. The summed E-state index contributed by atoms with van der Waals surface area (Å²) in [5.41, 5.74) is 4.67. The van der Waals surface area contributed by atoms with Crippen LogP contribution in [0.25, 0.3) is 16.7 Å². The van der Waals surface area contributed by atoms with Crippen LogP contribution in [-0.2, 0) is 6.42 Å².